The van der Waals surface area contributed by atoms with Crippen LogP contribution in [0, 0.1) is 17.0 Å². The lowest BCUT2D eigenvalue weighted by molar-refractivity contribution is -0.385. The van der Waals surface area contributed by atoms with E-state index < -0.39 is 0 Å². The summed E-state index contributed by atoms with van der Waals surface area (Å²) in [7, 11) is 0. The summed E-state index contributed by atoms with van der Waals surface area (Å²) in [4.78, 5) is 10.6. The second-order valence-electron chi connectivity index (χ2n) is 4.48. The van der Waals surface area contributed by atoms with Crippen LogP contribution in [0.4, 0.5) is 5.69 Å². The van der Waals surface area contributed by atoms with Gasteiger partial charge >= 0.3 is 0 Å². The zero-order valence-corrected chi connectivity index (χ0v) is 10.9. The number of nitrogens with one attached hydrogen (secondary N) is 1. The molecule has 0 spiro atoms. The van der Waals surface area contributed by atoms with E-state index in [4.69, 9.17) is 4.42 Å². The third-order valence-electron chi connectivity index (χ3n) is 3.09. The third kappa shape index (κ3) is 3.20. The van der Waals surface area contributed by atoms with Gasteiger partial charge in [-0.05, 0) is 31.5 Å². The summed E-state index contributed by atoms with van der Waals surface area (Å²) < 4.78 is 5.23. The Morgan fingerprint density at radius 1 is 1.42 bits per heavy atom. The molecule has 19 heavy (non-hydrogen) atoms. The van der Waals surface area contributed by atoms with Crippen molar-refractivity contribution < 1.29 is 9.34 Å². The highest BCUT2D eigenvalue weighted by Gasteiger charge is 2.14. The molecule has 1 N–H and O–H groups in total. The molecule has 1 unspecified atom stereocenters. The van der Waals surface area contributed by atoms with Crippen LogP contribution in [-0.2, 0) is 6.54 Å². The number of aryl methyl sites for hydroxylation is 1. The molecule has 2 aromatic rings. The van der Waals surface area contributed by atoms with Crippen molar-refractivity contribution in [3.63, 3.8) is 0 Å². The normalized spacial score (nSPS) is 12.3. The van der Waals surface area contributed by atoms with Gasteiger partial charge in [0.25, 0.3) is 5.69 Å². The van der Waals surface area contributed by atoms with Crippen molar-refractivity contribution in [1.29, 1.82) is 0 Å². The van der Waals surface area contributed by atoms with Gasteiger partial charge in [0, 0.05) is 17.7 Å². The first kappa shape index (κ1) is 13.3. The molecule has 2 rings (SSSR count). The van der Waals surface area contributed by atoms with Gasteiger partial charge < -0.3 is 9.73 Å². The number of furan rings is 1. The minimum Gasteiger partial charge on any atom is -0.468 e. The molecule has 5 heteroatoms. The van der Waals surface area contributed by atoms with Crippen LogP contribution in [0.15, 0.2) is 41.0 Å². The van der Waals surface area contributed by atoms with Gasteiger partial charge in [-0.3, -0.25) is 10.1 Å². The summed E-state index contributed by atoms with van der Waals surface area (Å²) >= 11 is 0. The number of rotatable bonds is 5. The number of nitro benzene ring substituents is 1. The monoisotopic (exact) mass is 260 g/mol. The van der Waals surface area contributed by atoms with Gasteiger partial charge in [-0.25, -0.2) is 0 Å². The number of hydrogen-bond donors (Lipinski definition) is 1. The van der Waals surface area contributed by atoms with Crippen molar-refractivity contribution in [2.45, 2.75) is 26.4 Å². The van der Waals surface area contributed by atoms with Crippen LogP contribution >= 0.6 is 0 Å². The van der Waals surface area contributed by atoms with E-state index in [0.717, 1.165) is 11.3 Å². The lowest BCUT2D eigenvalue weighted by atomic mass is 10.0. The molecule has 1 aromatic carbocycles. The van der Waals surface area contributed by atoms with Gasteiger partial charge in [0.2, 0.25) is 0 Å². The van der Waals surface area contributed by atoms with Crippen molar-refractivity contribution in [2.75, 3.05) is 0 Å². The molecule has 0 amide bonds. The number of benzene rings is 1. The molecule has 1 heterocycles. The van der Waals surface area contributed by atoms with Crippen LogP contribution in [0.25, 0.3) is 0 Å². The minimum atomic E-state index is -0.349. The smallest absolute Gasteiger partial charge is 0.272 e. The lowest BCUT2D eigenvalue weighted by Crippen LogP contribution is -2.17. The summed E-state index contributed by atoms with van der Waals surface area (Å²) in [5, 5.41) is 14.2. The molecule has 1 atom stereocenters. The lowest BCUT2D eigenvalue weighted by Gasteiger charge is -2.13. The molecule has 0 saturated carbocycles. The van der Waals surface area contributed by atoms with Gasteiger partial charge in [0.15, 0.2) is 0 Å². The fourth-order valence-electron chi connectivity index (χ4n) is 1.88. The summed E-state index contributed by atoms with van der Waals surface area (Å²) in [5.74, 6) is 0.841. The Morgan fingerprint density at radius 2 is 2.21 bits per heavy atom. The molecular formula is C14H16N2O3. The average molecular weight is 260 g/mol. The highest BCUT2D eigenvalue weighted by Crippen LogP contribution is 2.23. The van der Waals surface area contributed by atoms with E-state index in [1.165, 1.54) is 0 Å². The van der Waals surface area contributed by atoms with Crippen LogP contribution in [0.2, 0.25) is 0 Å². The molecule has 1 aromatic heterocycles. The highest BCUT2D eigenvalue weighted by atomic mass is 16.6. The van der Waals surface area contributed by atoms with E-state index in [2.05, 4.69) is 5.32 Å². The minimum absolute atomic E-state index is 0.0180. The average Bonchev–Trinajstić information content (AvgIpc) is 2.89. The number of nitrogens with zero attached hydrogens (tertiary/aromatic N) is 1. The molecular weight excluding hydrogens is 244 g/mol. The van der Waals surface area contributed by atoms with Gasteiger partial charge in [-0.1, -0.05) is 12.1 Å². The molecule has 0 saturated heterocycles. The van der Waals surface area contributed by atoms with Crippen molar-refractivity contribution in [2.24, 2.45) is 0 Å². The van der Waals surface area contributed by atoms with Crippen molar-refractivity contribution in [3.05, 3.63) is 63.6 Å². The molecule has 5 nitrogen and oxygen atoms in total. The van der Waals surface area contributed by atoms with E-state index in [9.17, 15) is 10.1 Å². The maximum Gasteiger partial charge on any atom is 0.272 e. The molecule has 0 fully saturated rings. The summed E-state index contributed by atoms with van der Waals surface area (Å²) in [5.41, 5.74) is 1.72. The van der Waals surface area contributed by atoms with Crippen molar-refractivity contribution in [1.82, 2.24) is 5.32 Å². The van der Waals surface area contributed by atoms with Crippen molar-refractivity contribution >= 4 is 5.69 Å². The predicted octanol–water partition coefficient (Wildman–Crippen LogP) is 3.35. The summed E-state index contributed by atoms with van der Waals surface area (Å²) in [6.45, 7) is 4.30. The van der Waals surface area contributed by atoms with Crippen LogP contribution in [0.3, 0.4) is 0 Å². The van der Waals surface area contributed by atoms with Gasteiger partial charge in [0.1, 0.15) is 5.76 Å². The second-order valence-corrected chi connectivity index (χ2v) is 4.48. The Labute approximate surface area is 111 Å². The van der Waals surface area contributed by atoms with E-state index >= 15 is 0 Å². The first-order valence-corrected chi connectivity index (χ1v) is 6.08. The van der Waals surface area contributed by atoms with Crippen LogP contribution in [0.5, 0.6) is 0 Å². The maximum atomic E-state index is 10.9. The standard InChI is InChI=1S/C14H16N2O3/c1-10-5-6-12(8-14(10)16(17)18)11(2)15-9-13-4-3-7-19-13/h3-8,11,15H,9H2,1-2H3. The highest BCUT2D eigenvalue weighted by molar-refractivity contribution is 5.43. The van der Waals surface area contributed by atoms with Gasteiger partial charge in [0.05, 0.1) is 17.7 Å². The zero-order valence-electron chi connectivity index (χ0n) is 10.9. The Kier molecular flexibility index (Phi) is 3.97. The predicted molar refractivity (Wildman–Crippen MR) is 71.8 cm³/mol. The fourth-order valence-corrected chi connectivity index (χ4v) is 1.88. The first-order valence-electron chi connectivity index (χ1n) is 6.08. The SMILES string of the molecule is Cc1ccc(C(C)NCc2ccco2)cc1[N+](=O)[O-]. The Bertz CT molecular complexity index is 564. The van der Waals surface area contributed by atoms with E-state index in [1.807, 2.05) is 25.1 Å². The van der Waals surface area contributed by atoms with Gasteiger partial charge in [-0.15, -0.1) is 0 Å². The molecule has 0 bridgehead atoms. The Balaban J connectivity index is 2.08. The van der Waals surface area contributed by atoms with Crippen LogP contribution < -0.4 is 5.32 Å². The van der Waals surface area contributed by atoms with Crippen LogP contribution in [0.1, 0.15) is 29.9 Å². The largest absolute Gasteiger partial charge is 0.468 e. The van der Waals surface area contributed by atoms with Crippen LogP contribution in [-0.4, -0.2) is 4.92 Å². The zero-order chi connectivity index (χ0) is 13.8. The van der Waals surface area contributed by atoms with Crippen molar-refractivity contribution in [3.8, 4) is 0 Å². The fraction of sp³-hybridized carbons (Fsp3) is 0.286. The van der Waals surface area contributed by atoms with E-state index in [-0.39, 0.29) is 16.7 Å². The Morgan fingerprint density at radius 3 is 2.84 bits per heavy atom. The summed E-state index contributed by atoms with van der Waals surface area (Å²) in [6.07, 6.45) is 1.62. The van der Waals surface area contributed by atoms with E-state index in [0.29, 0.717) is 12.1 Å². The summed E-state index contributed by atoms with van der Waals surface area (Å²) in [6, 6.07) is 9.04. The molecule has 0 aliphatic rings. The maximum absolute atomic E-state index is 10.9. The topological polar surface area (TPSA) is 68.3 Å². The number of nitro groups is 1. The molecule has 0 aliphatic carbocycles. The second kappa shape index (κ2) is 5.67. The quantitative estimate of drug-likeness (QED) is 0.661. The first-order chi connectivity index (χ1) is 9.08. The number of hydrogen-bond acceptors (Lipinski definition) is 4. The van der Waals surface area contributed by atoms with Gasteiger partial charge in [-0.2, -0.15) is 0 Å². The molecule has 0 radical (unpaired) electrons. The Hall–Kier alpha value is -2.14. The van der Waals surface area contributed by atoms with E-state index in [1.54, 1.807) is 25.3 Å². The third-order valence-corrected chi connectivity index (χ3v) is 3.09. The molecule has 0 aliphatic heterocycles. The molecule has 100 valence electrons.